The van der Waals surface area contributed by atoms with E-state index in [9.17, 15) is 14.0 Å². The van der Waals surface area contributed by atoms with Crippen molar-refractivity contribution in [1.82, 2.24) is 20.4 Å². The van der Waals surface area contributed by atoms with Crippen molar-refractivity contribution in [2.75, 3.05) is 46.3 Å². The monoisotopic (exact) mass is 350 g/mol. The molecular formula is C18H27FN4O2. The number of hydrogen-bond acceptors (Lipinski definition) is 4. The van der Waals surface area contributed by atoms with Gasteiger partial charge in [-0.3, -0.25) is 14.5 Å². The van der Waals surface area contributed by atoms with Gasteiger partial charge in [0, 0.05) is 39.3 Å². The van der Waals surface area contributed by atoms with Gasteiger partial charge in [0.25, 0.3) is 0 Å². The summed E-state index contributed by atoms with van der Waals surface area (Å²) in [5.41, 5.74) is 0.931. The summed E-state index contributed by atoms with van der Waals surface area (Å²) in [5, 5.41) is 5.28. The van der Waals surface area contributed by atoms with Crippen LogP contribution in [0.1, 0.15) is 24.9 Å². The van der Waals surface area contributed by atoms with E-state index < -0.39 is 11.8 Å². The van der Waals surface area contributed by atoms with Crippen molar-refractivity contribution in [1.29, 1.82) is 0 Å². The number of nitrogens with zero attached hydrogens (tertiary/aromatic N) is 2. The minimum absolute atomic E-state index is 0.0859. The molecule has 1 atom stereocenters. The van der Waals surface area contributed by atoms with Crippen LogP contribution in [0.4, 0.5) is 4.39 Å². The molecule has 138 valence electrons. The molecule has 25 heavy (non-hydrogen) atoms. The second kappa shape index (κ2) is 9.48. The predicted molar refractivity (Wildman–Crippen MR) is 94.5 cm³/mol. The number of carbonyl (C=O) groups is 2. The first-order valence-electron chi connectivity index (χ1n) is 8.75. The van der Waals surface area contributed by atoms with Crippen LogP contribution in [0.5, 0.6) is 0 Å². The molecule has 0 aliphatic carbocycles. The number of benzene rings is 1. The fourth-order valence-corrected chi connectivity index (χ4v) is 2.86. The molecule has 1 aromatic carbocycles. The number of amides is 2. The molecule has 2 amide bonds. The smallest absolute Gasteiger partial charge is 0.309 e. The Balaban J connectivity index is 2.03. The van der Waals surface area contributed by atoms with E-state index in [0.717, 1.165) is 38.2 Å². The SMILES string of the molecule is CCCNC(=O)C(=O)NCC(c1ccc(F)cc1)N1CCN(C)CC1. The van der Waals surface area contributed by atoms with E-state index in [0.29, 0.717) is 13.1 Å². The van der Waals surface area contributed by atoms with Crippen LogP contribution >= 0.6 is 0 Å². The number of rotatable bonds is 6. The Morgan fingerprint density at radius 2 is 1.68 bits per heavy atom. The molecule has 6 nitrogen and oxygen atoms in total. The lowest BCUT2D eigenvalue weighted by Gasteiger charge is -2.38. The normalized spacial score (nSPS) is 17.1. The molecule has 0 aromatic heterocycles. The number of carbonyl (C=O) groups excluding carboxylic acids is 2. The topological polar surface area (TPSA) is 64.7 Å². The van der Waals surface area contributed by atoms with Crippen LogP contribution < -0.4 is 10.6 Å². The number of piperazine rings is 1. The third-order valence-corrected chi connectivity index (χ3v) is 4.43. The molecule has 1 aliphatic rings. The van der Waals surface area contributed by atoms with E-state index in [1.807, 2.05) is 6.92 Å². The van der Waals surface area contributed by atoms with Crippen LogP contribution in [-0.4, -0.2) is 67.9 Å². The van der Waals surface area contributed by atoms with Gasteiger partial charge in [0.1, 0.15) is 5.82 Å². The summed E-state index contributed by atoms with van der Waals surface area (Å²) in [6.45, 7) is 6.30. The van der Waals surface area contributed by atoms with Crippen molar-refractivity contribution >= 4 is 11.8 Å². The first-order chi connectivity index (χ1) is 12.0. The first-order valence-corrected chi connectivity index (χ1v) is 8.75. The minimum Gasteiger partial charge on any atom is -0.348 e. The maximum absolute atomic E-state index is 13.2. The molecule has 0 radical (unpaired) electrons. The third-order valence-electron chi connectivity index (χ3n) is 4.43. The van der Waals surface area contributed by atoms with Gasteiger partial charge in [-0.1, -0.05) is 19.1 Å². The standard InChI is InChI=1S/C18H27FN4O2/c1-3-8-20-17(24)18(25)21-13-16(14-4-6-15(19)7-5-14)23-11-9-22(2)10-12-23/h4-7,16H,3,8-13H2,1-2H3,(H,20,24)(H,21,25). The molecule has 1 aliphatic heterocycles. The molecule has 7 heteroatoms. The van der Waals surface area contributed by atoms with Crippen molar-refractivity contribution in [3.05, 3.63) is 35.6 Å². The van der Waals surface area contributed by atoms with Crippen LogP contribution in [0.2, 0.25) is 0 Å². The van der Waals surface area contributed by atoms with Crippen LogP contribution in [0, 0.1) is 5.82 Å². The highest BCUT2D eigenvalue weighted by atomic mass is 19.1. The molecule has 0 spiro atoms. The highest BCUT2D eigenvalue weighted by Gasteiger charge is 2.25. The second-order valence-electron chi connectivity index (χ2n) is 6.37. The van der Waals surface area contributed by atoms with Crippen LogP contribution in [0.15, 0.2) is 24.3 Å². The highest BCUT2D eigenvalue weighted by Crippen LogP contribution is 2.22. The Morgan fingerprint density at radius 3 is 2.28 bits per heavy atom. The minimum atomic E-state index is -0.630. The lowest BCUT2D eigenvalue weighted by atomic mass is 10.0. The summed E-state index contributed by atoms with van der Waals surface area (Å²) in [6, 6.07) is 6.24. The fraction of sp³-hybridized carbons (Fsp3) is 0.556. The molecule has 1 aromatic rings. The third kappa shape index (κ3) is 5.79. The number of nitrogens with one attached hydrogen (secondary N) is 2. The molecule has 1 heterocycles. The van der Waals surface area contributed by atoms with Crippen molar-refractivity contribution in [3.63, 3.8) is 0 Å². The zero-order valence-electron chi connectivity index (χ0n) is 14.9. The molecule has 2 rings (SSSR count). The molecule has 2 N–H and O–H groups in total. The summed E-state index contributed by atoms with van der Waals surface area (Å²) in [4.78, 5) is 28.2. The summed E-state index contributed by atoms with van der Waals surface area (Å²) < 4.78 is 13.2. The number of halogens is 1. The summed E-state index contributed by atoms with van der Waals surface area (Å²) in [7, 11) is 2.07. The average Bonchev–Trinajstić information content (AvgIpc) is 2.62. The van der Waals surface area contributed by atoms with Gasteiger partial charge < -0.3 is 15.5 Å². The Morgan fingerprint density at radius 1 is 1.08 bits per heavy atom. The summed E-state index contributed by atoms with van der Waals surface area (Å²) in [6.07, 6.45) is 0.776. The molecule has 0 bridgehead atoms. The van der Waals surface area contributed by atoms with E-state index in [4.69, 9.17) is 0 Å². The Hall–Kier alpha value is -1.99. The quantitative estimate of drug-likeness (QED) is 0.744. The molecule has 1 saturated heterocycles. The maximum Gasteiger partial charge on any atom is 0.309 e. The van der Waals surface area contributed by atoms with Gasteiger partial charge in [-0.25, -0.2) is 4.39 Å². The van der Waals surface area contributed by atoms with Crippen LogP contribution in [0.25, 0.3) is 0 Å². The van der Waals surface area contributed by atoms with E-state index in [1.165, 1.54) is 12.1 Å². The van der Waals surface area contributed by atoms with Gasteiger partial charge in [0.2, 0.25) is 0 Å². The van der Waals surface area contributed by atoms with Gasteiger partial charge in [0.15, 0.2) is 0 Å². The van der Waals surface area contributed by atoms with Crippen LogP contribution in [0.3, 0.4) is 0 Å². The van der Waals surface area contributed by atoms with Crippen molar-refractivity contribution in [3.8, 4) is 0 Å². The van der Waals surface area contributed by atoms with E-state index >= 15 is 0 Å². The van der Waals surface area contributed by atoms with Crippen molar-refractivity contribution < 1.29 is 14.0 Å². The van der Waals surface area contributed by atoms with Gasteiger partial charge in [-0.15, -0.1) is 0 Å². The average molecular weight is 350 g/mol. The predicted octanol–water partition coefficient (Wildman–Crippen LogP) is 0.757. The highest BCUT2D eigenvalue weighted by molar-refractivity contribution is 6.35. The lowest BCUT2D eigenvalue weighted by Crippen LogP contribution is -2.49. The van der Waals surface area contributed by atoms with E-state index in [-0.39, 0.29) is 11.9 Å². The number of hydrogen-bond donors (Lipinski definition) is 2. The van der Waals surface area contributed by atoms with Gasteiger partial charge in [-0.2, -0.15) is 0 Å². The molecule has 1 unspecified atom stereocenters. The number of likely N-dealkylation sites (N-methyl/N-ethyl adjacent to an activating group) is 1. The van der Waals surface area contributed by atoms with Crippen molar-refractivity contribution in [2.24, 2.45) is 0 Å². The van der Waals surface area contributed by atoms with Crippen LogP contribution in [-0.2, 0) is 9.59 Å². The maximum atomic E-state index is 13.2. The Kier molecular flexibility index (Phi) is 7.33. The summed E-state index contributed by atoms with van der Waals surface area (Å²) in [5.74, 6) is -1.53. The second-order valence-corrected chi connectivity index (χ2v) is 6.37. The molecule has 1 fully saturated rings. The molecular weight excluding hydrogens is 323 g/mol. The van der Waals surface area contributed by atoms with E-state index in [2.05, 4.69) is 27.5 Å². The van der Waals surface area contributed by atoms with Crippen molar-refractivity contribution in [2.45, 2.75) is 19.4 Å². The Labute approximate surface area is 148 Å². The van der Waals surface area contributed by atoms with Gasteiger partial charge in [0.05, 0.1) is 6.04 Å². The summed E-state index contributed by atoms with van der Waals surface area (Å²) >= 11 is 0. The zero-order valence-corrected chi connectivity index (χ0v) is 14.9. The van der Waals surface area contributed by atoms with Gasteiger partial charge >= 0.3 is 11.8 Å². The fourth-order valence-electron chi connectivity index (χ4n) is 2.86. The largest absolute Gasteiger partial charge is 0.348 e. The van der Waals surface area contributed by atoms with E-state index in [1.54, 1.807) is 12.1 Å². The zero-order chi connectivity index (χ0) is 18.2. The Bertz CT molecular complexity index is 571. The first kappa shape index (κ1) is 19.3. The van der Waals surface area contributed by atoms with Gasteiger partial charge in [-0.05, 0) is 31.2 Å². The lowest BCUT2D eigenvalue weighted by molar-refractivity contribution is -0.139. The molecule has 0 saturated carbocycles.